The van der Waals surface area contributed by atoms with E-state index in [1.165, 1.54) is 26.8 Å². The highest BCUT2D eigenvalue weighted by molar-refractivity contribution is 7.92. The molecule has 6 nitrogen and oxygen atoms in total. The summed E-state index contributed by atoms with van der Waals surface area (Å²) >= 11 is 0. The summed E-state index contributed by atoms with van der Waals surface area (Å²) in [5, 5.41) is 1.15. The normalized spacial score (nSPS) is 17.4. The van der Waals surface area contributed by atoms with E-state index in [1.807, 2.05) is 31.2 Å². The van der Waals surface area contributed by atoms with E-state index in [0.29, 0.717) is 6.42 Å². The van der Waals surface area contributed by atoms with Crippen molar-refractivity contribution < 1.29 is 21.2 Å². The molecule has 2 aromatic rings. The van der Waals surface area contributed by atoms with E-state index in [4.69, 9.17) is 0 Å². The number of nitrogens with zero attached hydrogens (tertiary/aromatic N) is 2. The highest BCUT2D eigenvalue weighted by Gasteiger charge is 2.30. The van der Waals surface area contributed by atoms with Gasteiger partial charge in [-0.25, -0.2) is 21.2 Å². The largest absolute Gasteiger partial charge is 0.243 e. The first-order valence-electron chi connectivity index (χ1n) is 9.19. The molecule has 1 heterocycles. The third-order valence-electron chi connectivity index (χ3n) is 4.73. The van der Waals surface area contributed by atoms with Crippen LogP contribution in [0.15, 0.2) is 58.8 Å². The first kappa shape index (κ1) is 21.6. The first-order chi connectivity index (χ1) is 13.7. The van der Waals surface area contributed by atoms with Crippen LogP contribution in [0.2, 0.25) is 0 Å². The average Bonchev–Trinajstić information content (AvgIpc) is 2.95. The number of halogens is 1. The number of benzene rings is 2. The van der Waals surface area contributed by atoms with Gasteiger partial charge in [-0.05, 0) is 49.2 Å². The Morgan fingerprint density at radius 1 is 0.828 bits per heavy atom. The zero-order valence-electron chi connectivity index (χ0n) is 16.0. The standard InChI is InChI=1S/C20H23FN2O4S2/c1-17-3-5-18(6-4-17)11-16-28(24,25)22-12-2-13-23(15-14-22)29(26,27)20-9-7-19(21)8-10-20/h3-11,16H,2,12-15H2,1H3/b16-11+. The lowest BCUT2D eigenvalue weighted by atomic mass is 10.2. The van der Waals surface area contributed by atoms with E-state index in [-0.39, 0.29) is 31.1 Å². The molecular formula is C20H23FN2O4S2. The second kappa shape index (κ2) is 8.74. The Hall–Kier alpha value is -2.07. The van der Waals surface area contributed by atoms with Crippen molar-refractivity contribution >= 4 is 26.1 Å². The van der Waals surface area contributed by atoms with Crippen molar-refractivity contribution in [3.05, 3.63) is 70.9 Å². The van der Waals surface area contributed by atoms with Gasteiger partial charge in [0, 0.05) is 31.6 Å². The molecule has 0 unspecified atom stereocenters. The molecule has 0 spiro atoms. The summed E-state index contributed by atoms with van der Waals surface area (Å²) < 4.78 is 66.5. The molecule has 1 aliphatic heterocycles. The maximum absolute atomic E-state index is 13.1. The maximum atomic E-state index is 13.1. The van der Waals surface area contributed by atoms with Gasteiger partial charge in [-0.15, -0.1) is 0 Å². The molecule has 0 amide bonds. The highest BCUT2D eigenvalue weighted by atomic mass is 32.2. The van der Waals surface area contributed by atoms with Crippen molar-refractivity contribution in [1.82, 2.24) is 8.61 Å². The number of hydrogen-bond acceptors (Lipinski definition) is 4. The molecule has 0 atom stereocenters. The van der Waals surface area contributed by atoms with Crippen LogP contribution in [0.5, 0.6) is 0 Å². The minimum absolute atomic E-state index is 0.00512. The Balaban J connectivity index is 1.71. The van der Waals surface area contributed by atoms with Gasteiger partial charge >= 0.3 is 0 Å². The number of aryl methyl sites for hydroxylation is 1. The van der Waals surface area contributed by atoms with Crippen molar-refractivity contribution in [2.45, 2.75) is 18.2 Å². The molecule has 0 aromatic heterocycles. The summed E-state index contributed by atoms with van der Waals surface area (Å²) in [6.07, 6.45) is 1.91. The zero-order chi connectivity index (χ0) is 21.1. The molecule has 3 rings (SSSR count). The third kappa shape index (κ3) is 5.30. The van der Waals surface area contributed by atoms with E-state index in [1.54, 1.807) is 0 Å². The van der Waals surface area contributed by atoms with Crippen LogP contribution >= 0.6 is 0 Å². The lowest BCUT2D eigenvalue weighted by Gasteiger charge is -2.20. The van der Waals surface area contributed by atoms with Gasteiger partial charge in [-0.1, -0.05) is 29.8 Å². The zero-order valence-corrected chi connectivity index (χ0v) is 17.7. The lowest BCUT2D eigenvalue weighted by Crippen LogP contribution is -2.36. The molecule has 2 aromatic carbocycles. The van der Waals surface area contributed by atoms with Crippen molar-refractivity contribution in [1.29, 1.82) is 0 Å². The number of rotatable bonds is 5. The highest BCUT2D eigenvalue weighted by Crippen LogP contribution is 2.20. The third-order valence-corrected chi connectivity index (χ3v) is 8.21. The SMILES string of the molecule is Cc1ccc(/C=C/S(=O)(=O)N2CCCN(S(=O)(=O)c3ccc(F)cc3)CC2)cc1. The Bertz CT molecular complexity index is 1080. The van der Waals surface area contributed by atoms with E-state index in [9.17, 15) is 21.2 Å². The fraction of sp³-hybridized carbons (Fsp3) is 0.300. The number of sulfonamides is 2. The van der Waals surface area contributed by atoms with Crippen LogP contribution < -0.4 is 0 Å². The smallest absolute Gasteiger partial charge is 0.208 e. The predicted molar refractivity (Wildman–Crippen MR) is 110 cm³/mol. The summed E-state index contributed by atoms with van der Waals surface area (Å²) in [5.41, 5.74) is 1.86. The quantitative estimate of drug-likeness (QED) is 0.720. The summed E-state index contributed by atoms with van der Waals surface area (Å²) in [4.78, 5) is -0.00512. The van der Waals surface area contributed by atoms with Crippen LogP contribution in [0.25, 0.3) is 6.08 Å². The van der Waals surface area contributed by atoms with Crippen LogP contribution in [-0.4, -0.2) is 51.6 Å². The monoisotopic (exact) mass is 438 g/mol. The molecule has 0 bridgehead atoms. The second-order valence-electron chi connectivity index (χ2n) is 6.87. The van der Waals surface area contributed by atoms with E-state index in [0.717, 1.165) is 28.7 Å². The Morgan fingerprint density at radius 2 is 1.41 bits per heavy atom. The van der Waals surface area contributed by atoms with Crippen molar-refractivity contribution in [3.8, 4) is 0 Å². The van der Waals surface area contributed by atoms with Gasteiger partial charge in [0.15, 0.2) is 0 Å². The molecule has 0 N–H and O–H groups in total. The maximum Gasteiger partial charge on any atom is 0.243 e. The van der Waals surface area contributed by atoms with Gasteiger partial charge in [0.05, 0.1) is 4.90 Å². The fourth-order valence-corrected chi connectivity index (χ4v) is 5.74. The Kier molecular flexibility index (Phi) is 6.52. The minimum Gasteiger partial charge on any atom is -0.208 e. The average molecular weight is 439 g/mol. The Morgan fingerprint density at radius 3 is 2.07 bits per heavy atom. The van der Waals surface area contributed by atoms with Crippen LogP contribution in [0.3, 0.4) is 0 Å². The van der Waals surface area contributed by atoms with Crippen LogP contribution in [0.4, 0.5) is 4.39 Å². The molecule has 156 valence electrons. The lowest BCUT2D eigenvalue weighted by molar-refractivity contribution is 0.407. The second-order valence-corrected chi connectivity index (χ2v) is 10.6. The van der Waals surface area contributed by atoms with Gasteiger partial charge in [-0.3, -0.25) is 0 Å². The number of hydrogen-bond donors (Lipinski definition) is 0. The summed E-state index contributed by atoms with van der Waals surface area (Å²) in [6.45, 7) is 2.48. The fourth-order valence-electron chi connectivity index (χ4n) is 3.05. The van der Waals surface area contributed by atoms with Gasteiger partial charge in [0.25, 0.3) is 0 Å². The molecular weight excluding hydrogens is 415 g/mol. The van der Waals surface area contributed by atoms with Gasteiger partial charge in [-0.2, -0.15) is 8.61 Å². The summed E-state index contributed by atoms with van der Waals surface area (Å²) in [7, 11) is -7.48. The topological polar surface area (TPSA) is 74.8 Å². The van der Waals surface area contributed by atoms with Crippen molar-refractivity contribution in [3.63, 3.8) is 0 Å². The summed E-state index contributed by atoms with van der Waals surface area (Å²) in [5.74, 6) is -0.516. The van der Waals surface area contributed by atoms with Gasteiger partial charge in [0.1, 0.15) is 5.82 Å². The molecule has 0 aliphatic carbocycles. The van der Waals surface area contributed by atoms with E-state index >= 15 is 0 Å². The molecule has 0 saturated carbocycles. The Labute approximate surface area is 171 Å². The molecule has 29 heavy (non-hydrogen) atoms. The van der Waals surface area contributed by atoms with Crippen LogP contribution in [0.1, 0.15) is 17.5 Å². The molecule has 9 heteroatoms. The van der Waals surface area contributed by atoms with Gasteiger partial charge < -0.3 is 0 Å². The molecule has 1 aliphatic rings. The van der Waals surface area contributed by atoms with E-state index < -0.39 is 25.9 Å². The summed E-state index contributed by atoms with van der Waals surface area (Å²) in [6, 6.07) is 12.1. The predicted octanol–water partition coefficient (Wildman–Crippen LogP) is 2.83. The van der Waals surface area contributed by atoms with Crippen LogP contribution in [0, 0.1) is 12.7 Å². The molecule has 0 radical (unpaired) electrons. The molecule has 1 fully saturated rings. The molecule has 1 saturated heterocycles. The van der Waals surface area contributed by atoms with E-state index in [2.05, 4.69) is 0 Å². The van der Waals surface area contributed by atoms with Crippen LogP contribution in [-0.2, 0) is 20.0 Å². The minimum atomic E-state index is -3.80. The van der Waals surface area contributed by atoms with Gasteiger partial charge in [0.2, 0.25) is 20.0 Å². The van der Waals surface area contributed by atoms with Crippen molar-refractivity contribution in [2.24, 2.45) is 0 Å². The van der Waals surface area contributed by atoms with Crippen molar-refractivity contribution in [2.75, 3.05) is 26.2 Å². The first-order valence-corrected chi connectivity index (χ1v) is 12.1.